The zero-order valence-corrected chi connectivity index (χ0v) is 6.12. The number of nitrogens with zero attached hydrogens (tertiary/aromatic N) is 2. The molecule has 2 aliphatic rings. The maximum Gasteiger partial charge on any atom is 0.112 e. The molecule has 2 fully saturated rings. The Labute approximate surface area is 61.3 Å². The topological polar surface area (TPSA) is 26.6 Å². The van der Waals surface area contributed by atoms with Crippen LogP contribution in [0, 0.1) is 0 Å². The Morgan fingerprint density at radius 2 is 2.00 bits per heavy atom. The number of ether oxygens (including phenoxy) is 1. The van der Waals surface area contributed by atoms with Gasteiger partial charge in [0, 0.05) is 32.6 Å². The lowest BCUT2D eigenvalue weighted by molar-refractivity contribution is -0.147. The van der Waals surface area contributed by atoms with Crippen LogP contribution in [0.25, 0.3) is 0 Å². The number of hydrogen-bond donors (Lipinski definition) is 0. The van der Waals surface area contributed by atoms with Gasteiger partial charge in [-0.1, -0.05) is 0 Å². The highest BCUT2D eigenvalue weighted by Gasteiger charge is 2.26. The first-order chi connectivity index (χ1) is 4.97. The van der Waals surface area contributed by atoms with Crippen LogP contribution in [0.15, 0.2) is 0 Å². The zero-order valence-electron chi connectivity index (χ0n) is 6.12. The van der Waals surface area contributed by atoms with Crippen molar-refractivity contribution in [2.24, 2.45) is 0 Å². The van der Waals surface area contributed by atoms with Crippen LogP contribution in [0.4, 0.5) is 0 Å². The van der Waals surface area contributed by atoms with Gasteiger partial charge in [-0.05, 0) is 0 Å². The van der Waals surface area contributed by atoms with E-state index in [4.69, 9.17) is 4.74 Å². The molecule has 0 aromatic rings. The second kappa shape index (κ2) is 2.86. The summed E-state index contributed by atoms with van der Waals surface area (Å²) in [6, 6.07) is 0. The molecule has 2 heterocycles. The van der Waals surface area contributed by atoms with Gasteiger partial charge < -0.3 is 4.74 Å². The molecule has 1 radical (unpaired) electrons. The minimum Gasteiger partial charge on any atom is -0.363 e. The van der Waals surface area contributed by atoms with Crippen molar-refractivity contribution in [3.05, 3.63) is 0 Å². The first kappa shape index (κ1) is 6.58. The number of hydrogen-bond acceptors (Lipinski definition) is 2. The summed E-state index contributed by atoms with van der Waals surface area (Å²) in [5, 5.41) is 4.27. The summed E-state index contributed by atoms with van der Waals surface area (Å²) >= 11 is 0. The minimum atomic E-state index is 0.440. The van der Waals surface area contributed by atoms with E-state index in [9.17, 15) is 0 Å². The van der Waals surface area contributed by atoms with Crippen LogP contribution in [-0.2, 0) is 4.74 Å². The van der Waals surface area contributed by atoms with E-state index in [2.05, 4.69) is 10.2 Å². The van der Waals surface area contributed by atoms with Crippen molar-refractivity contribution in [2.75, 3.05) is 32.8 Å². The molecule has 2 rings (SSSR count). The van der Waals surface area contributed by atoms with Crippen molar-refractivity contribution < 1.29 is 4.74 Å². The number of piperazine rings is 1. The highest BCUT2D eigenvalue weighted by Crippen LogP contribution is 2.15. The maximum atomic E-state index is 5.35. The van der Waals surface area contributed by atoms with E-state index in [0.717, 1.165) is 32.8 Å². The van der Waals surface area contributed by atoms with Crippen molar-refractivity contribution in [1.82, 2.24) is 10.2 Å². The van der Waals surface area contributed by atoms with Crippen molar-refractivity contribution in [3.63, 3.8) is 0 Å². The van der Waals surface area contributed by atoms with E-state index in [1.54, 1.807) is 0 Å². The number of rotatable bonds is 1. The molecule has 3 heteroatoms. The molecule has 0 aliphatic carbocycles. The van der Waals surface area contributed by atoms with Gasteiger partial charge in [0.05, 0.1) is 6.61 Å². The van der Waals surface area contributed by atoms with E-state index in [1.165, 1.54) is 6.42 Å². The fourth-order valence-electron chi connectivity index (χ4n) is 1.42. The summed E-state index contributed by atoms with van der Waals surface area (Å²) < 4.78 is 5.35. The smallest absolute Gasteiger partial charge is 0.112 e. The molecular weight excluding hydrogens is 128 g/mol. The molecular formula is C7H13N2O. The molecule has 0 aromatic heterocycles. The molecule has 0 spiro atoms. The van der Waals surface area contributed by atoms with E-state index in [-0.39, 0.29) is 0 Å². The summed E-state index contributed by atoms with van der Waals surface area (Å²) in [5.74, 6) is 0. The summed E-state index contributed by atoms with van der Waals surface area (Å²) in [5.41, 5.74) is 0. The first-order valence-corrected chi connectivity index (χ1v) is 3.96. The van der Waals surface area contributed by atoms with Crippen molar-refractivity contribution in [2.45, 2.75) is 12.6 Å². The highest BCUT2D eigenvalue weighted by atomic mass is 16.5. The molecule has 57 valence electrons. The maximum absolute atomic E-state index is 5.35. The first-order valence-electron chi connectivity index (χ1n) is 3.96. The Morgan fingerprint density at radius 3 is 2.50 bits per heavy atom. The van der Waals surface area contributed by atoms with Gasteiger partial charge in [0.2, 0.25) is 0 Å². The molecule has 2 saturated heterocycles. The average molecular weight is 141 g/mol. The lowest BCUT2D eigenvalue weighted by atomic mass is 10.2. The molecule has 1 atom stereocenters. The molecule has 0 saturated carbocycles. The van der Waals surface area contributed by atoms with Crippen LogP contribution >= 0.6 is 0 Å². The quantitative estimate of drug-likeness (QED) is 0.499. The molecule has 2 aliphatic heterocycles. The van der Waals surface area contributed by atoms with Crippen LogP contribution in [0.5, 0.6) is 0 Å². The second-order valence-corrected chi connectivity index (χ2v) is 2.82. The molecule has 1 unspecified atom stereocenters. The van der Waals surface area contributed by atoms with Crippen molar-refractivity contribution in [1.29, 1.82) is 0 Å². The van der Waals surface area contributed by atoms with Crippen LogP contribution in [-0.4, -0.2) is 43.9 Å². The summed E-state index contributed by atoms with van der Waals surface area (Å²) in [7, 11) is 0. The largest absolute Gasteiger partial charge is 0.363 e. The predicted molar refractivity (Wildman–Crippen MR) is 37.8 cm³/mol. The molecule has 3 nitrogen and oxygen atoms in total. The van der Waals surface area contributed by atoms with E-state index in [0.29, 0.717) is 6.23 Å². The summed E-state index contributed by atoms with van der Waals surface area (Å²) in [4.78, 5) is 2.39. The Hall–Kier alpha value is -0.120. The summed E-state index contributed by atoms with van der Waals surface area (Å²) in [6.07, 6.45) is 1.66. The molecule has 0 amide bonds. The monoisotopic (exact) mass is 141 g/mol. The fourth-order valence-corrected chi connectivity index (χ4v) is 1.42. The third-order valence-electron chi connectivity index (χ3n) is 2.17. The predicted octanol–water partition coefficient (Wildman–Crippen LogP) is -0.347. The van der Waals surface area contributed by atoms with Gasteiger partial charge in [0.25, 0.3) is 0 Å². The van der Waals surface area contributed by atoms with Crippen LogP contribution in [0.1, 0.15) is 6.42 Å². The SMILES string of the molecule is C1CN(C2CCO2)CC[N]1. The lowest BCUT2D eigenvalue weighted by Gasteiger charge is -2.39. The Morgan fingerprint density at radius 1 is 1.30 bits per heavy atom. The second-order valence-electron chi connectivity index (χ2n) is 2.82. The van der Waals surface area contributed by atoms with Gasteiger partial charge in [-0.2, -0.15) is 0 Å². The fraction of sp³-hybridized carbons (Fsp3) is 1.00. The van der Waals surface area contributed by atoms with Crippen LogP contribution < -0.4 is 5.32 Å². The highest BCUT2D eigenvalue weighted by molar-refractivity contribution is 4.74. The van der Waals surface area contributed by atoms with Crippen LogP contribution in [0.3, 0.4) is 0 Å². The Bertz CT molecular complexity index is 108. The van der Waals surface area contributed by atoms with E-state index in [1.807, 2.05) is 0 Å². The normalized spacial score (nSPS) is 35.4. The van der Waals surface area contributed by atoms with Gasteiger partial charge in [-0.3, -0.25) is 4.90 Å². The molecule has 0 aromatic carbocycles. The van der Waals surface area contributed by atoms with E-state index < -0.39 is 0 Å². The lowest BCUT2D eigenvalue weighted by Crippen LogP contribution is -2.51. The van der Waals surface area contributed by atoms with Gasteiger partial charge in [-0.15, -0.1) is 0 Å². The third kappa shape index (κ3) is 1.17. The molecule has 0 N–H and O–H groups in total. The minimum absolute atomic E-state index is 0.440. The summed E-state index contributed by atoms with van der Waals surface area (Å²) in [6.45, 7) is 5.16. The average Bonchev–Trinajstić information content (AvgIpc) is 1.86. The van der Waals surface area contributed by atoms with E-state index >= 15 is 0 Å². The molecule has 10 heavy (non-hydrogen) atoms. The van der Waals surface area contributed by atoms with Crippen LogP contribution in [0.2, 0.25) is 0 Å². The van der Waals surface area contributed by atoms with Gasteiger partial charge in [0.15, 0.2) is 0 Å². The van der Waals surface area contributed by atoms with Crippen molar-refractivity contribution >= 4 is 0 Å². The van der Waals surface area contributed by atoms with Gasteiger partial charge in [0.1, 0.15) is 6.23 Å². The third-order valence-corrected chi connectivity index (χ3v) is 2.17. The Balaban J connectivity index is 1.78. The standard InChI is InChI=1S/C7H13N2O/c1-6-10-7(1)9-4-2-8-3-5-9/h7H,1-6H2. The molecule has 0 bridgehead atoms. The van der Waals surface area contributed by atoms with Gasteiger partial charge >= 0.3 is 0 Å². The van der Waals surface area contributed by atoms with Gasteiger partial charge in [-0.25, -0.2) is 5.32 Å². The Kier molecular flexibility index (Phi) is 1.88. The zero-order chi connectivity index (χ0) is 6.81. The van der Waals surface area contributed by atoms with Crippen molar-refractivity contribution in [3.8, 4) is 0 Å².